The Bertz CT molecular complexity index is 704. The van der Waals surface area contributed by atoms with Crippen molar-refractivity contribution in [1.82, 2.24) is 15.6 Å². The van der Waals surface area contributed by atoms with Crippen molar-refractivity contribution < 1.29 is 14.7 Å². The van der Waals surface area contributed by atoms with Crippen LogP contribution in [-0.4, -0.2) is 28.1 Å². The Morgan fingerprint density at radius 1 is 1.20 bits per heavy atom. The van der Waals surface area contributed by atoms with Gasteiger partial charge in [-0.1, -0.05) is 30.3 Å². The summed E-state index contributed by atoms with van der Waals surface area (Å²) in [7, 11) is 0. The SMILES string of the molecule is Cc1ccnc(CNC(=O)NC(CCC(=O)O)Cc2ccccc2)c1. The minimum atomic E-state index is -0.871. The average molecular weight is 341 g/mol. The van der Waals surface area contributed by atoms with Gasteiger partial charge in [0.2, 0.25) is 0 Å². The molecule has 0 saturated carbocycles. The fourth-order valence-electron chi connectivity index (χ4n) is 2.52. The smallest absolute Gasteiger partial charge is 0.315 e. The second-order valence-electron chi connectivity index (χ2n) is 5.97. The highest BCUT2D eigenvalue weighted by Crippen LogP contribution is 2.08. The summed E-state index contributed by atoms with van der Waals surface area (Å²) in [5.74, 6) is -0.871. The number of nitrogens with one attached hydrogen (secondary N) is 2. The number of rotatable bonds is 8. The molecule has 6 heteroatoms. The van der Waals surface area contributed by atoms with Gasteiger partial charge in [-0.2, -0.15) is 0 Å². The van der Waals surface area contributed by atoms with E-state index in [1.165, 1.54) is 0 Å². The van der Waals surface area contributed by atoms with Crippen LogP contribution in [0.15, 0.2) is 48.7 Å². The first-order chi connectivity index (χ1) is 12.0. The molecule has 6 nitrogen and oxygen atoms in total. The highest BCUT2D eigenvalue weighted by molar-refractivity contribution is 5.74. The van der Waals surface area contributed by atoms with Crippen LogP contribution < -0.4 is 10.6 Å². The first kappa shape index (κ1) is 18.4. The van der Waals surface area contributed by atoms with E-state index in [2.05, 4.69) is 15.6 Å². The predicted molar refractivity (Wildman–Crippen MR) is 95.1 cm³/mol. The van der Waals surface area contributed by atoms with Gasteiger partial charge < -0.3 is 15.7 Å². The van der Waals surface area contributed by atoms with Crippen LogP contribution in [0.4, 0.5) is 4.79 Å². The van der Waals surface area contributed by atoms with Crippen molar-refractivity contribution in [3.63, 3.8) is 0 Å². The molecule has 3 N–H and O–H groups in total. The second-order valence-corrected chi connectivity index (χ2v) is 5.97. The second kappa shape index (κ2) is 9.42. The highest BCUT2D eigenvalue weighted by Gasteiger charge is 2.14. The lowest BCUT2D eigenvalue weighted by Crippen LogP contribution is -2.43. The third kappa shape index (κ3) is 7.03. The standard InChI is InChI=1S/C19H23N3O3/c1-14-9-10-20-17(11-14)13-21-19(25)22-16(7-8-18(23)24)12-15-5-3-2-4-6-15/h2-6,9-11,16H,7-8,12-13H2,1H3,(H,23,24)(H2,21,22,25). The molecule has 2 amide bonds. The topological polar surface area (TPSA) is 91.3 Å². The van der Waals surface area contributed by atoms with Gasteiger partial charge in [-0.3, -0.25) is 9.78 Å². The first-order valence-electron chi connectivity index (χ1n) is 8.24. The van der Waals surface area contributed by atoms with Gasteiger partial charge in [0.15, 0.2) is 0 Å². The Balaban J connectivity index is 1.90. The van der Waals surface area contributed by atoms with Crippen LogP contribution in [0, 0.1) is 6.92 Å². The number of pyridine rings is 1. The molecule has 0 saturated heterocycles. The van der Waals surface area contributed by atoms with Gasteiger partial charge in [0.1, 0.15) is 0 Å². The van der Waals surface area contributed by atoms with Gasteiger partial charge in [0.25, 0.3) is 0 Å². The van der Waals surface area contributed by atoms with E-state index >= 15 is 0 Å². The Labute approximate surface area is 147 Å². The van der Waals surface area contributed by atoms with Crippen LogP contribution in [0.25, 0.3) is 0 Å². The third-order valence-electron chi connectivity index (χ3n) is 3.77. The molecule has 0 radical (unpaired) electrons. The monoisotopic (exact) mass is 341 g/mol. The third-order valence-corrected chi connectivity index (χ3v) is 3.77. The van der Waals surface area contributed by atoms with E-state index in [-0.39, 0.29) is 18.5 Å². The van der Waals surface area contributed by atoms with E-state index < -0.39 is 5.97 Å². The molecule has 1 unspecified atom stereocenters. The molecule has 0 bridgehead atoms. The molecule has 1 aromatic carbocycles. The molecule has 2 rings (SSSR count). The molecule has 0 aliphatic rings. The number of aliphatic carboxylic acids is 1. The number of aromatic nitrogens is 1. The van der Waals surface area contributed by atoms with Crippen molar-refractivity contribution >= 4 is 12.0 Å². The lowest BCUT2D eigenvalue weighted by atomic mass is 10.0. The summed E-state index contributed by atoms with van der Waals surface area (Å²) in [4.78, 5) is 27.2. The predicted octanol–water partition coefficient (Wildman–Crippen LogP) is 2.67. The van der Waals surface area contributed by atoms with E-state index in [1.807, 2.05) is 49.4 Å². The van der Waals surface area contributed by atoms with Gasteiger partial charge in [-0.15, -0.1) is 0 Å². The van der Waals surface area contributed by atoms with Crippen molar-refractivity contribution in [2.75, 3.05) is 0 Å². The molecule has 2 aromatic rings. The molecule has 0 aliphatic carbocycles. The zero-order valence-corrected chi connectivity index (χ0v) is 14.2. The average Bonchev–Trinajstić information content (AvgIpc) is 2.59. The Morgan fingerprint density at radius 2 is 1.96 bits per heavy atom. The molecule has 0 fully saturated rings. The summed E-state index contributed by atoms with van der Waals surface area (Å²) in [5.41, 5.74) is 2.91. The lowest BCUT2D eigenvalue weighted by molar-refractivity contribution is -0.137. The van der Waals surface area contributed by atoms with Crippen LogP contribution >= 0.6 is 0 Å². The molecule has 0 aliphatic heterocycles. The number of urea groups is 1. The number of benzene rings is 1. The molecule has 1 heterocycles. The number of nitrogens with zero attached hydrogens (tertiary/aromatic N) is 1. The number of aryl methyl sites for hydroxylation is 1. The number of carbonyl (C=O) groups excluding carboxylic acids is 1. The van der Waals surface area contributed by atoms with E-state index in [0.717, 1.165) is 16.8 Å². The lowest BCUT2D eigenvalue weighted by Gasteiger charge is -2.18. The maximum Gasteiger partial charge on any atom is 0.315 e. The van der Waals surface area contributed by atoms with Crippen molar-refractivity contribution in [2.24, 2.45) is 0 Å². The maximum absolute atomic E-state index is 12.1. The summed E-state index contributed by atoms with van der Waals surface area (Å²) in [6.45, 7) is 2.29. The number of hydrogen-bond acceptors (Lipinski definition) is 3. The Hall–Kier alpha value is -2.89. The number of carboxylic acid groups (broad SMARTS) is 1. The van der Waals surface area contributed by atoms with Crippen LogP contribution in [0.3, 0.4) is 0 Å². The summed E-state index contributed by atoms with van der Waals surface area (Å²) in [5, 5.41) is 14.5. The minimum Gasteiger partial charge on any atom is -0.481 e. The number of carbonyl (C=O) groups is 2. The van der Waals surface area contributed by atoms with Crippen LogP contribution in [0.2, 0.25) is 0 Å². The van der Waals surface area contributed by atoms with Crippen molar-refractivity contribution in [3.05, 3.63) is 65.5 Å². The highest BCUT2D eigenvalue weighted by atomic mass is 16.4. The fourth-order valence-corrected chi connectivity index (χ4v) is 2.52. The molecular formula is C19H23N3O3. The van der Waals surface area contributed by atoms with Gasteiger partial charge >= 0.3 is 12.0 Å². The van der Waals surface area contributed by atoms with Crippen molar-refractivity contribution in [2.45, 2.75) is 38.8 Å². The number of hydrogen-bond donors (Lipinski definition) is 3. The number of carboxylic acids is 1. The normalized spacial score (nSPS) is 11.6. The van der Waals surface area contributed by atoms with Gasteiger partial charge in [0.05, 0.1) is 12.2 Å². The molecule has 132 valence electrons. The van der Waals surface area contributed by atoms with Crippen molar-refractivity contribution in [3.8, 4) is 0 Å². The molecule has 0 spiro atoms. The van der Waals surface area contributed by atoms with E-state index in [9.17, 15) is 9.59 Å². The zero-order chi connectivity index (χ0) is 18.1. The Kier molecular flexibility index (Phi) is 6.95. The number of amides is 2. The summed E-state index contributed by atoms with van der Waals surface area (Å²) >= 11 is 0. The first-order valence-corrected chi connectivity index (χ1v) is 8.24. The molecular weight excluding hydrogens is 318 g/mol. The van der Waals surface area contributed by atoms with E-state index in [4.69, 9.17) is 5.11 Å². The van der Waals surface area contributed by atoms with Crippen LogP contribution in [-0.2, 0) is 17.8 Å². The van der Waals surface area contributed by atoms with Crippen LogP contribution in [0.1, 0.15) is 29.7 Å². The van der Waals surface area contributed by atoms with Gasteiger partial charge in [-0.05, 0) is 43.0 Å². The summed E-state index contributed by atoms with van der Waals surface area (Å²) in [6.07, 6.45) is 2.68. The zero-order valence-electron chi connectivity index (χ0n) is 14.2. The Morgan fingerprint density at radius 3 is 2.64 bits per heavy atom. The minimum absolute atomic E-state index is 0.0111. The quantitative estimate of drug-likeness (QED) is 0.688. The van der Waals surface area contributed by atoms with E-state index in [0.29, 0.717) is 19.4 Å². The fraction of sp³-hybridized carbons (Fsp3) is 0.316. The molecule has 1 aromatic heterocycles. The largest absolute Gasteiger partial charge is 0.481 e. The van der Waals surface area contributed by atoms with Gasteiger partial charge in [0, 0.05) is 18.7 Å². The van der Waals surface area contributed by atoms with E-state index in [1.54, 1.807) is 6.20 Å². The van der Waals surface area contributed by atoms with Crippen LogP contribution in [0.5, 0.6) is 0 Å². The van der Waals surface area contributed by atoms with Gasteiger partial charge in [-0.25, -0.2) is 4.79 Å². The summed E-state index contributed by atoms with van der Waals surface area (Å²) < 4.78 is 0. The van der Waals surface area contributed by atoms with Crippen molar-refractivity contribution in [1.29, 1.82) is 0 Å². The summed E-state index contributed by atoms with van der Waals surface area (Å²) in [6, 6.07) is 12.9. The maximum atomic E-state index is 12.1. The molecule has 25 heavy (non-hydrogen) atoms. The molecule has 1 atom stereocenters.